The number of anilines is 2. The Morgan fingerprint density at radius 2 is 1.75 bits per heavy atom. The van der Waals surface area contributed by atoms with Crippen molar-refractivity contribution in [2.45, 2.75) is 13.8 Å². The number of rotatable bonds is 6. The van der Waals surface area contributed by atoms with Gasteiger partial charge in [0.15, 0.2) is 5.82 Å². The van der Waals surface area contributed by atoms with Crippen molar-refractivity contribution in [1.29, 1.82) is 0 Å². The number of ether oxygens (including phenoxy) is 2. The quantitative estimate of drug-likeness (QED) is 0.459. The minimum atomic E-state index is -0.345. The van der Waals surface area contributed by atoms with Crippen molar-refractivity contribution in [3.05, 3.63) is 78.4 Å². The van der Waals surface area contributed by atoms with E-state index in [-0.39, 0.29) is 6.03 Å². The molecule has 9 nitrogen and oxygen atoms in total. The molecule has 0 fully saturated rings. The zero-order valence-corrected chi connectivity index (χ0v) is 17.9. The molecule has 0 unspecified atom stereocenters. The molecule has 2 heterocycles. The van der Waals surface area contributed by atoms with Crippen molar-refractivity contribution >= 4 is 17.4 Å². The average molecular weight is 430 g/mol. The molecule has 2 amide bonds. The van der Waals surface area contributed by atoms with Crippen LogP contribution >= 0.6 is 0 Å². The van der Waals surface area contributed by atoms with Crippen LogP contribution in [0.1, 0.15) is 11.4 Å². The van der Waals surface area contributed by atoms with Crippen molar-refractivity contribution in [3.63, 3.8) is 0 Å². The molecule has 0 spiro atoms. The third-order valence-electron chi connectivity index (χ3n) is 4.56. The third-order valence-corrected chi connectivity index (χ3v) is 4.56. The van der Waals surface area contributed by atoms with Crippen LogP contribution in [0.5, 0.6) is 17.4 Å². The summed E-state index contributed by atoms with van der Waals surface area (Å²) >= 11 is 0. The summed E-state index contributed by atoms with van der Waals surface area (Å²) in [5.74, 6) is 2.89. The van der Waals surface area contributed by atoms with Gasteiger partial charge < -0.3 is 20.1 Å². The number of methoxy groups -OCH3 is 1. The fraction of sp³-hybridized carbons (Fsp3) is 0.130. The van der Waals surface area contributed by atoms with Crippen LogP contribution in [0.15, 0.2) is 67.0 Å². The lowest BCUT2D eigenvalue weighted by molar-refractivity contribution is 0.262. The minimum absolute atomic E-state index is 0.345. The first-order chi connectivity index (χ1) is 15.5. The van der Waals surface area contributed by atoms with Crippen LogP contribution in [0.3, 0.4) is 0 Å². The maximum atomic E-state index is 12.3. The summed E-state index contributed by atoms with van der Waals surface area (Å²) in [6.07, 6.45) is 3.47. The molecule has 0 aliphatic heterocycles. The van der Waals surface area contributed by atoms with Gasteiger partial charge in [0.2, 0.25) is 5.88 Å². The highest BCUT2D eigenvalue weighted by Gasteiger charge is 2.08. The Hall–Kier alpha value is -4.40. The number of amides is 2. The van der Waals surface area contributed by atoms with Crippen molar-refractivity contribution in [2.24, 2.45) is 0 Å². The first-order valence-electron chi connectivity index (χ1n) is 9.86. The minimum Gasteiger partial charge on any atom is -0.497 e. The molecule has 4 aromatic rings. The molecule has 0 saturated carbocycles. The van der Waals surface area contributed by atoms with Gasteiger partial charge in [-0.05, 0) is 67.9 Å². The van der Waals surface area contributed by atoms with Gasteiger partial charge >= 0.3 is 6.03 Å². The molecule has 0 aliphatic rings. The molecule has 32 heavy (non-hydrogen) atoms. The predicted molar refractivity (Wildman–Crippen MR) is 121 cm³/mol. The highest BCUT2D eigenvalue weighted by Crippen LogP contribution is 2.24. The van der Waals surface area contributed by atoms with E-state index in [0.29, 0.717) is 34.6 Å². The fourth-order valence-corrected chi connectivity index (χ4v) is 3.01. The molecular weight excluding hydrogens is 408 g/mol. The second-order valence-electron chi connectivity index (χ2n) is 6.95. The SMILES string of the molecule is COc1ccc(NC(=O)Nc2ccc(Oc3cc(-n4cccn4)nc(C)n3)cc2)c(C)c1. The molecule has 2 aromatic carbocycles. The second-order valence-corrected chi connectivity index (χ2v) is 6.95. The Bertz CT molecular complexity index is 1220. The molecule has 4 rings (SSSR count). The predicted octanol–water partition coefficient (Wildman–Crippen LogP) is 4.72. The molecule has 0 saturated heterocycles. The Balaban J connectivity index is 1.40. The summed E-state index contributed by atoms with van der Waals surface area (Å²) in [4.78, 5) is 21.0. The molecule has 0 bridgehead atoms. The molecule has 2 aromatic heterocycles. The lowest BCUT2D eigenvalue weighted by Gasteiger charge is -2.12. The van der Waals surface area contributed by atoms with Crippen LogP contribution in [0.25, 0.3) is 5.82 Å². The summed E-state index contributed by atoms with van der Waals surface area (Å²) in [5.41, 5.74) is 2.23. The Kier molecular flexibility index (Phi) is 5.98. The van der Waals surface area contributed by atoms with Crippen LogP contribution < -0.4 is 20.1 Å². The van der Waals surface area contributed by atoms with Crippen molar-refractivity contribution in [3.8, 4) is 23.2 Å². The third kappa shape index (κ3) is 5.01. The average Bonchev–Trinajstić information content (AvgIpc) is 3.31. The van der Waals surface area contributed by atoms with Crippen LogP contribution in [0.4, 0.5) is 16.2 Å². The number of hydrogen-bond acceptors (Lipinski definition) is 6. The van der Waals surface area contributed by atoms with E-state index in [1.165, 1.54) is 0 Å². The highest BCUT2D eigenvalue weighted by atomic mass is 16.5. The maximum absolute atomic E-state index is 12.3. The standard InChI is InChI=1S/C23H22N6O3/c1-15-13-19(31-3)9-10-20(15)28-23(30)27-17-5-7-18(8-6-17)32-22-14-21(25-16(2)26-22)29-12-4-11-24-29/h4-14H,1-3H3,(H2,27,28,30). The van der Waals surface area contributed by atoms with Gasteiger partial charge in [-0.15, -0.1) is 0 Å². The van der Waals surface area contributed by atoms with Gasteiger partial charge in [0.25, 0.3) is 0 Å². The van der Waals surface area contributed by atoms with E-state index < -0.39 is 0 Å². The summed E-state index contributed by atoms with van der Waals surface area (Å²) in [7, 11) is 1.60. The van der Waals surface area contributed by atoms with E-state index in [1.54, 1.807) is 73.6 Å². The summed E-state index contributed by atoms with van der Waals surface area (Å²) in [6, 6.07) is 15.6. The zero-order valence-electron chi connectivity index (χ0n) is 17.9. The van der Waals surface area contributed by atoms with E-state index in [0.717, 1.165) is 11.3 Å². The fourth-order valence-electron chi connectivity index (χ4n) is 3.01. The number of nitrogens with zero attached hydrogens (tertiary/aromatic N) is 4. The Labute approximate surface area is 185 Å². The van der Waals surface area contributed by atoms with Gasteiger partial charge in [-0.2, -0.15) is 10.1 Å². The number of benzene rings is 2. The lowest BCUT2D eigenvalue weighted by atomic mass is 10.2. The van der Waals surface area contributed by atoms with Crippen LogP contribution in [0.2, 0.25) is 0 Å². The van der Waals surface area contributed by atoms with E-state index in [2.05, 4.69) is 25.7 Å². The Morgan fingerprint density at radius 3 is 2.44 bits per heavy atom. The van der Waals surface area contributed by atoms with E-state index in [1.807, 2.05) is 19.1 Å². The van der Waals surface area contributed by atoms with Crippen molar-refractivity contribution in [1.82, 2.24) is 19.7 Å². The molecule has 0 atom stereocenters. The van der Waals surface area contributed by atoms with Gasteiger partial charge in [0, 0.05) is 29.8 Å². The van der Waals surface area contributed by atoms with Gasteiger partial charge in [0.1, 0.15) is 17.3 Å². The monoisotopic (exact) mass is 430 g/mol. The van der Waals surface area contributed by atoms with E-state index in [4.69, 9.17) is 9.47 Å². The Morgan fingerprint density at radius 1 is 0.969 bits per heavy atom. The summed E-state index contributed by atoms with van der Waals surface area (Å²) in [5, 5.41) is 9.81. The molecule has 162 valence electrons. The van der Waals surface area contributed by atoms with Gasteiger partial charge in [-0.25, -0.2) is 14.5 Å². The number of nitrogens with one attached hydrogen (secondary N) is 2. The smallest absolute Gasteiger partial charge is 0.323 e. The van der Waals surface area contributed by atoms with E-state index >= 15 is 0 Å². The van der Waals surface area contributed by atoms with Crippen molar-refractivity contribution in [2.75, 3.05) is 17.7 Å². The lowest BCUT2D eigenvalue weighted by Crippen LogP contribution is -2.19. The van der Waals surface area contributed by atoms with E-state index in [9.17, 15) is 4.79 Å². The molecule has 0 radical (unpaired) electrons. The topological polar surface area (TPSA) is 103 Å². The first kappa shape index (κ1) is 20.9. The molecule has 9 heteroatoms. The van der Waals surface area contributed by atoms with Gasteiger partial charge in [0.05, 0.1) is 7.11 Å². The maximum Gasteiger partial charge on any atom is 0.323 e. The summed E-state index contributed by atoms with van der Waals surface area (Å²) < 4.78 is 12.7. The largest absolute Gasteiger partial charge is 0.497 e. The number of carbonyl (C=O) groups is 1. The molecule has 2 N–H and O–H groups in total. The normalized spacial score (nSPS) is 10.5. The zero-order chi connectivity index (χ0) is 22.5. The number of carbonyl (C=O) groups excluding carboxylic acids is 1. The second kappa shape index (κ2) is 9.17. The summed E-state index contributed by atoms with van der Waals surface area (Å²) in [6.45, 7) is 3.69. The van der Waals surface area contributed by atoms with Gasteiger partial charge in [-0.1, -0.05) is 0 Å². The number of hydrogen-bond donors (Lipinski definition) is 2. The van der Waals surface area contributed by atoms with Gasteiger partial charge in [-0.3, -0.25) is 0 Å². The van der Waals surface area contributed by atoms with Crippen LogP contribution in [-0.2, 0) is 0 Å². The van der Waals surface area contributed by atoms with Crippen LogP contribution in [-0.4, -0.2) is 32.9 Å². The van der Waals surface area contributed by atoms with Crippen molar-refractivity contribution < 1.29 is 14.3 Å². The van der Waals surface area contributed by atoms with Crippen LogP contribution in [0, 0.1) is 13.8 Å². The number of urea groups is 1. The number of aromatic nitrogens is 4. The first-order valence-corrected chi connectivity index (χ1v) is 9.86. The molecule has 0 aliphatic carbocycles. The highest BCUT2D eigenvalue weighted by molar-refractivity contribution is 6.00. The number of aryl methyl sites for hydroxylation is 2. The molecular formula is C23H22N6O3.